The number of aldehydes is 1. The van der Waals surface area contributed by atoms with E-state index in [0.717, 1.165) is 6.07 Å². The van der Waals surface area contributed by atoms with Crippen molar-refractivity contribution in [2.24, 2.45) is 0 Å². The Hall–Kier alpha value is -2.05. The summed E-state index contributed by atoms with van der Waals surface area (Å²) in [5.41, 5.74) is -0.654. The minimum atomic E-state index is -0.843. The molecule has 0 aliphatic carbocycles. The van der Waals surface area contributed by atoms with Crippen LogP contribution in [0, 0.1) is 5.82 Å². The average Bonchev–Trinajstić information content (AvgIpc) is 2.46. The maximum Gasteiger partial charge on any atom is 0.357 e. The lowest BCUT2D eigenvalue weighted by molar-refractivity contribution is 0.0517. The SMILES string of the molecule is CCOC(=O)c1nc(Cl)nc(-c2ccc(Cl)cc2F)c1C=O. The summed E-state index contributed by atoms with van der Waals surface area (Å²) in [6.07, 6.45) is 0.353. The van der Waals surface area contributed by atoms with E-state index in [1.54, 1.807) is 6.92 Å². The maximum absolute atomic E-state index is 14.0. The molecule has 1 heterocycles. The van der Waals surface area contributed by atoms with E-state index in [4.69, 9.17) is 27.9 Å². The highest BCUT2D eigenvalue weighted by molar-refractivity contribution is 6.30. The normalized spacial score (nSPS) is 10.4. The van der Waals surface area contributed by atoms with Gasteiger partial charge >= 0.3 is 5.97 Å². The first-order valence-corrected chi connectivity index (χ1v) is 6.88. The zero-order chi connectivity index (χ0) is 16.3. The lowest BCUT2D eigenvalue weighted by Crippen LogP contribution is -2.13. The number of rotatable bonds is 4. The number of aromatic nitrogens is 2. The number of hydrogen-bond donors (Lipinski definition) is 0. The molecule has 0 amide bonds. The number of carbonyl (C=O) groups excluding carboxylic acids is 2. The molecule has 0 aliphatic rings. The van der Waals surface area contributed by atoms with Crippen molar-refractivity contribution in [3.63, 3.8) is 0 Å². The van der Waals surface area contributed by atoms with Crippen molar-refractivity contribution in [2.75, 3.05) is 6.61 Å². The van der Waals surface area contributed by atoms with Gasteiger partial charge in [-0.05, 0) is 36.7 Å². The Morgan fingerprint density at radius 3 is 2.68 bits per heavy atom. The Kier molecular flexibility index (Phi) is 5.05. The molecule has 0 unspecified atom stereocenters. The Balaban J connectivity index is 2.70. The molecule has 2 aromatic rings. The topological polar surface area (TPSA) is 69.2 Å². The van der Waals surface area contributed by atoms with Crippen molar-refractivity contribution in [3.8, 4) is 11.3 Å². The van der Waals surface area contributed by atoms with Crippen molar-refractivity contribution in [3.05, 3.63) is 45.6 Å². The van der Waals surface area contributed by atoms with Crippen LogP contribution in [0.2, 0.25) is 10.3 Å². The molecule has 0 atom stereocenters. The van der Waals surface area contributed by atoms with Crippen molar-refractivity contribution < 1.29 is 18.7 Å². The van der Waals surface area contributed by atoms with Gasteiger partial charge in [0.05, 0.1) is 17.9 Å². The summed E-state index contributed by atoms with van der Waals surface area (Å²) in [5, 5.41) is -0.127. The fraction of sp³-hybridized carbons (Fsp3) is 0.143. The molecule has 5 nitrogen and oxygen atoms in total. The van der Waals surface area contributed by atoms with Gasteiger partial charge in [0.15, 0.2) is 12.0 Å². The summed E-state index contributed by atoms with van der Waals surface area (Å²) in [7, 11) is 0. The molecular formula is C14H9Cl2FN2O3. The molecule has 0 saturated carbocycles. The fourth-order valence-corrected chi connectivity index (χ4v) is 2.12. The van der Waals surface area contributed by atoms with E-state index in [9.17, 15) is 14.0 Å². The third-order valence-corrected chi connectivity index (χ3v) is 3.10. The minimum absolute atomic E-state index is 0.0265. The molecule has 0 spiro atoms. The van der Waals surface area contributed by atoms with Crippen molar-refractivity contribution in [2.45, 2.75) is 6.92 Å². The van der Waals surface area contributed by atoms with E-state index in [1.165, 1.54) is 12.1 Å². The highest BCUT2D eigenvalue weighted by Gasteiger charge is 2.23. The van der Waals surface area contributed by atoms with Gasteiger partial charge in [-0.15, -0.1) is 0 Å². The molecule has 0 radical (unpaired) electrons. The zero-order valence-electron chi connectivity index (χ0n) is 11.3. The summed E-state index contributed by atoms with van der Waals surface area (Å²) in [6.45, 7) is 1.68. The van der Waals surface area contributed by atoms with Gasteiger partial charge < -0.3 is 4.74 Å². The lowest BCUT2D eigenvalue weighted by Gasteiger charge is -2.10. The van der Waals surface area contributed by atoms with Gasteiger partial charge in [0.2, 0.25) is 5.28 Å². The van der Waals surface area contributed by atoms with E-state index in [1.807, 2.05) is 0 Å². The second-order valence-electron chi connectivity index (χ2n) is 4.07. The maximum atomic E-state index is 14.0. The molecule has 2 rings (SSSR count). The molecule has 0 saturated heterocycles. The van der Waals surface area contributed by atoms with Crippen molar-refractivity contribution in [1.82, 2.24) is 9.97 Å². The van der Waals surface area contributed by atoms with Crippen LogP contribution in [0.25, 0.3) is 11.3 Å². The Morgan fingerprint density at radius 1 is 1.36 bits per heavy atom. The van der Waals surface area contributed by atoms with Gasteiger partial charge in [-0.3, -0.25) is 4.79 Å². The molecule has 0 fully saturated rings. The standard InChI is InChI=1S/C14H9Cl2FN2O3/c1-2-22-13(21)12-9(6-20)11(18-14(16)19-12)8-4-3-7(15)5-10(8)17/h3-6H,2H2,1H3. The molecule has 1 aromatic carbocycles. The summed E-state index contributed by atoms with van der Waals surface area (Å²) in [4.78, 5) is 30.7. The number of nitrogens with zero attached hydrogens (tertiary/aromatic N) is 2. The zero-order valence-corrected chi connectivity index (χ0v) is 12.8. The number of halogens is 3. The number of esters is 1. The van der Waals surface area contributed by atoms with Crippen LogP contribution in [0.3, 0.4) is 0 Å². The van der Waals surface area contributed by atoms with Crippen LogP contribution in [0.15, 0.2) is 18.2 Å². The molecule has 0 N–H and O–H groups in total. The summed E-state index contributed by atoms with van der Waals surface area (Å²) >= 11 is 11.5. The molecular weight excluding hydrogens is 334 g/mol. The van der Waals surface area contributed by atoms with Crippen LogP contribution in [0.1, 0.15) is 27.8 Å². The van der Waals surface area contributed by atoms with Crippen LogP contribution in [0.4, 0.5) is 4.39 Å². The molecule has 22 heavy (non-hydrogen) atoms. The Labute approximate surface area is 135 Å². The average molecular weight is 343 g/mol. The lowest BCUT2D eigenvalue weighted by atomic mass is 10.0. The third kappa shape index (κ3) is 3.23. The van der Waals surface area contributed by atoms with E-state index >= 15 is 0 Å². The summed E-state index contributed by atoms with van der Waals surface area (Å²) < 4.78 is 18.8. The quantitative estimate of drug-likeness (QED) is 0.482. The summed E-state index contributed by atoms with van der Waals surface area (Å²) in [6, 6.07) is 3.82. The van der Waals surface area contributed by atoms with E-state index in [-0.39, 0.29) is 39.4 Å². The third-order valence-electron chi connectivity index (χ3n) is 2.69. The number of ether oxygens (including phenoxy) is 1. The van der Waals surface area contributed by atoms with Crippen LogP contribution < -0.4 is 0 Å². The van der Waals surface area contributed by atoms with Crippen molar-refractivity contribution >= 4 is 35.5 Å². The first kappa shape index (κ1) is 16.3. The van der Waals surface area contributed by atoms with Gasteiger partial charge in [-0.2, -0.15) is 0 Å². The van der Waals surface area contributed by atoms with Crippen LogP contribution >= 0.6 is 23.2 Å². The Bertz CT molecular complexity index is 753. The predicted octanol–water partition coefficient (Wildman–Crippen LogP) is 3.58. The van der Waals surface area contributed by atoms with Gasteiger partial charge in [0, 0.05) is 10.6 Å². The van der Waals surface area contributed by atoms with E-state index < -0.39 is 11.8 Å². The molecule has 114 valence electrons. The smallest absolute Gasteiger partial charge is 0.357 e. The monoisotopic (exact) mass is 342 g/mol. The van der Waals surface area contributed by atoms with E-state index in [0.29, 0.717) is 6.29 Å². The Morgan fingerprint density at radius 2 is 2.09 bits per heavy atom. The second-order valence-corrected chi connectivity index (χ2v) is 4.84. The molecule has 0 bridgehead atoms. The van der Waals surface area contributed by atoms with E-state index in [2.05, 4.69) is 9.97 Å². The number of hydrogen-bond acceptors (Lipinski definition) is 5. The van der Waals surface area contributed by atoms with Crippen LogP contribution in [-0.2, 0) is 4.74 Å². The number of carbonyl (C=O) groups is 2. The predicted molar refractivity (Wildman–Crippen MR) is 78.8 cm³/mol. The number of benzene rings is 1. The second kappa shape index (κ2) is 6.81. The summed E-state index contributed by atoms with van der Waals surface area (Å²) in [5.74, 6) is -1.55. The molecule has 0 aliphatic heterocycles. The van der Waals surface area contributed by atoms with Gasteiger partial charge in [0.1, 0.15) is 5.82 Å². The highest BCUT2D eigenvalue weighted by atomic mass is 35.5. The van der Waals surface area contributed by atoms with Gasteiger partial charge in [0.25, 0.3) is 0 Å². The van der Waals surface area contributed by atoms with Crippen LogP contribution in [0.5, 0.6) is 0 Å². The first-order valence-electron chi connectivity index (χ1n) is 6.13. The first-order chi connectivity index (χ1) is 10.5. The molecule has 1 aromatic heterocycles. The fourth-order valence-electron chi connectivity index (χ4n) is 1.80. The minimum Gasteiger partial charge on any atom is -0.461 e. The van der Waals surface area contributed by atoms with Gasteiger partial charge in [-0.25, -0.2) is 19.2 Å². The van der Waals surface area contributed by atoms with Crippen molar-refractivity contribution in [1.29, 1.82) is 0 Å². The van der Waals surface area contributed by atoms with Gasteiger partial charge in [-0.1, -0.05) is 11.6 Å². The molecule has 8 heteroatoms. The largest absolute Gasteiger partial charge is 0.461 e. The highest BCUT2D eigenvalue weighted by Crippen LogP contribution is 2.28. The van der Waals surface area contributed by atoms with Crippen LogP contribution in [-0.4, -0.2) is 28.8 Å².